The molecule has 2 heterocycles. The summed E-state index contributed by atoms with van der Waals surface area (Å²) in [6, 6.07) is 18.4. The highest BCUT2D eigenvalue weighted by molar-refractivity contribution is 9.12. The number of alkyl halides is 2. The fourth-order valence-corrected chi connectivity index (χ4v) is 6.82. The van der Waals surface area contributed by atoms with Crippen LogP contribution in [0.5, 0.6) is 0 Å². The first-order chi connectivity index (χ1) is 15.6. The minimum Gasteiger partial charge on any atom is -0.443 e. The highest BCUT2D eigenvalue weighted by atomic mass is 79.9. The van der Waals surface area contributed by atoms with E-state index in [-0.39, 0.29) is 46.8 Å². The fourth-order valence-electron chi connectivity index (χ4n) is 4.79. The minimum atomic E-state index is -0.555. The predicted octanol–water partition coefficient (Wildman–Crippen LogP) is 5.27. The van der Waals surface area contributed by atoms with Gasteiger partial charge in [0.15, 0.2) is 0 Å². The number of nitrogens with zero attached hydrogens (tertiary/aromatic N) is 2. The predicted molar refractivity (Wildman–Crippen MR) is 126 cm³/mol. The number of benzene rings is 2. The van der Waals surface area contributed by atoms with Crippen LogP contribution in [0, 0.1) is 11.8 Å². The number of ether oxygens (including phenoxy) is 2. The quantitative estimate of drug-likeness (QED) is 0.377. The second kappa shape index (κ2) is 8.90. The average molecular weight is 562 g/mol. The Morgan fingerprint density at radius 1 is 0.688 bits per heavy atom. The van der Waals surface area contributed by atoms with Gasteiger partial charge in [0.2, 0.25) is 0 Å². The molecule has 0 radical (unpaired) electrons. The van der Waals surface area contributed by atoms with Crippen LogP contribution < -0.4 is 0 Å². The van der Waals surface area contributed by atoms with Crippen molar-refractivity contribution in [2.45, 2.75) is 35.0 Å². The van der Waals surface area contributed by atoms with Crippen LogP contribution in [0.3, 0.4) is 0 Å². The number of carbonyl (C=O) groups excluding carboxylic acids is 2. The third-order valence-electron chi connectivity index (χ3n) is 6.36. The zero-order valence-corrected chi connectivity index (χ0v) is 20.3. The molecule has 4 aliphatic rings. The molecule has 32 heavy (non-hydrogen) atoms. The van der Waals surface area contributed by atoms with E-state index in [1.54, 1.807) is 0 Å². The van der Waals surface area contributed by atoms with E-state index in [9.17, 15) is 9.59 Å². The number of hydrogen-bond donors (Lipinski definition) is 0. The van der Waals surface area contributed by atoms with Gasteiger partial charge in [-0.2, -0.15) is 0 Å². The Kier molecular flexibility index (Phi) is 5.99. The third-order valence-corrected chi connectivity index (χ3v) is 9.43. The van der Waals surface area contributed by atoms with E-state index in [0.717, 1.165) is 11.1 Å². The van der Waals surface area contributed by atoms with E-state index in [1.807, 2.05) is 72.8 Å². The van der Waals surface area contributed by atoms with E-state index in [0.29, 0.717) is 0 Å². The van der Waals surface area contributed by atoms with Crippen LogP contribution >= 0.6 is 31.9 Å². The lowest BCUT2D eigenvalue weighted by atomic mass is 9.61. The summed E-state index contributed by atoms with van der Waals surface area (Å²) in [4.78, 5) is 26.8. The number of hydrazine groups is 1. The van der Waals surface area contributed by atoms with Gasteiger partial charge in [-0.1, -0.05) is 105 Å². The molecule has 2 bridgehead atoms. The van der Waals surface area contributed by atoms with Crippen LogP contribution in [0.2, 0.25) is 0 Å². The van der Waals surface area contributed by atoms with Gasteiger partial charge in [-0.15, -0.1) is 0 Å². The second-order valence-electron chi connectivity index (χ2n) is 8.18. The van der Waals surface area contributed by atoms with E-state index < -0.39 is 12.2 Å². The summed E-state index contributed by atoms with van der Waals surface area (Å²) in [5.74, 6) is 0.383. The Morgan fingerprint density at radius 2 is 1.06 bits per heavy atom. The number of rotatable bonds is 4. The Morgan fingerprint density at radius 3 is 1.44 bits per heavy atom. The van der Waals surface area contributed by atoms with Crippen LogP contribution in [0.25, 0.3) is 0 Å². The molecule has 0 aromatic heterocycles. The van der Waals surface area contributed by atoms with Crippen LogP contribution in [-0.2, 0) is 22.7 Å². The van der Waals surface area contributed by atoms with Gasteiger partial charge in [-0.25, -0.2) is 19.6 Å². The summed E-state index contributed by atoms with van der Waals surface area (Å²) in [6.45, 7) is 0.272. The molecule has 6 atom stereocenters. The normalized spacial score (nSPS) is 29.8. The number of halogens is 2. The molecular weight excluding hydrogens is 540 g/mol. The Balaban J connectivity index is 1.36. The van der Waals surface area contributed by atoms with Crippen molar-refractivity contribution in [2.24, 2.45) is 11.8 Å². The maximum absolute atomic E-state index is 13.2. The van der Waals surface area contributed by atoms with Crippen molar-refractivity contribution in [2.75, 3.05) is 0 Å². The van der Waals surface area contributed by atoms with Crippen LogP contribution in [-0.4, -0.2) is 43.9 Å². The van der Waals surface area contributed by atoms with E-state index in [2.05, 4.69) is 31.9 Å². The van der Waals surface area contributed by atoms with Crippen molar-refractivity contribution in [3.8, 4) is 0 Å². The molecule has 0 N–H and O–H groups in total. The maximum atomic E-state index is 13.2. The Hall–Kier alpha value is -2.32. The maximum Gasteiger partial charge on any atom is 0.429 e. The summed E-state index contributed by atoms with van der Waals surface area (Å²) in [6.07, 6.45) is 2.90. The molecule has 8 heteroatoms. The average Bonchev–Trinajstić information content (AvgIpc) is 2.85. The van der Waals surface area contributed by atoms with E-state index >= 15 is 0 Å². The standard InChI is InChI=1S/C24H22Br2N2O4/c25-21-19-17-11-12-18(20(19)22(21)26)28(24(30)32-14-16-9-5-2-6-10-16)27(17)23(29)31-13-15-7-3-1-4-8-15/h1-12,17-22H,13-14H2/t17-,18+,19+,20-,21-,22-/m0/s1. The molecule has 1 saturated heterocycles. The first-order valence-electron chi connectivity index (χ1n) is 10.5. The monoisotopic (exact) mass is 560 g/mol. The number of fused-ring (bicyclic) bond motifs is 1. The fraction of sp³-hybridized carbons (Fsp3) is 0.333. The molecule has 2 aromatic rings. The lowest BCUT2D eigenvalue weighted by Gasteiger charge is -2.63. The summed E-state index contributed by atoms with van der Waals surface area (Å²) in [7, 11) is 0. The third kappa shape index (κ3) is 3.73. The molecule has 2 amide bonds. The molecule has 0 unspecified atom stereocenters. The van der Waals surface area contributed by atoms with Crippen LogP contribution in [0.15, 0.2) is 72.8 Å². The van der Waals surface area contributed by atoms with Crippen molar-refractivity contribution in [3.05, 3.63) is 83.9 Å². The summed E-state index contributed by atoms with van der Waals surface area (Å²) in [5, 5.41) is 2.88. The lowest BCUT2D eigenvalue weighted by Crippen LogP contribution is -2.76. The SMILES string of the molecule is O=C(OCc1ccccc1)N1[C@@H]2C=C[C@@H]([C@H]3[C@H](Br)[C@@H](Br)[C@H]32)N1C(=O)OCc1ccccc1. The van der Waals surface area contributed by atoms with Gasteiger partial charge >= 0.3 is 12.2 Å². The molecule has 2 aromatic carbocycles. The second-order valence-corrected chi connectivity index (χ2v) is 10.3. The van der Waals surface area contributed by atoms with Gasteiger partial charge in [0.1, 0.15) is 13.2 Å². The number of amides is 2. The number of hydrogen-bond acceptors (Lipinski definition) is 4. The highest BCUT2D eigenvalue weighted by Crippen LogP contribution is 2.56. The van der Waals surface area contributed by atoms with Gasteiger partial charge < -0.3 is 9.47 Å². The smallest absolute Gasteiger partial charge is 0.429 e. The molecule has 2 fully saturated rings. The molecule has 1 saturated carbocycles. The molecular formula is C24H22Br2N2O4. The zero-order valence-electron chi connectivity index (χ0n) is 17.1. The topological polar surface area (TPSA) is 59.1 Å². The zero-order chi connectivity index (χ0) is 22.2. The van der Waals surface area contributed by atoms with Crippen molar-refractivity contribution in [1.82, 2.24) is 10.0 Å². The Labute approximate surface area is 203 Å². The van der Waals surface area contributed by atoms with Crippen LogP contribution in [0.4, 0.5) is 9.59 Å². The molecule has 166 valence electrons. The van der Waals surface area contributed by atoms with Crippen LogP contribution in [0.1, 0.15) is 11.1 Å². The van der Waals surface area contributed by atoms with Crippen molar-refractivity contribution >= 4 is 44.0 Å². The van der Waals surface area contributed by atoms with Gasteiger partial charge in [0.05, 0.1) is 12.1 Å². The largest absolute Gasteiger partial charge is 0.443 e. The first kappa shape index (κ1) is 21.5. The van der Waals surface area contributed by atoms with Crippen molar-refractivity contribution in [1.29, 1.82) is 0 Å². The first-order valence-corrected chi connectivity index (χ1v) is 12.4. The van der Waals surface area contributed by atoms with Gasteiger partial charge in [0, 0.05) is 21.5 Å². The highest BCUT2D eigenvalue weighted by Gasteiger charge is 2.64. The molecule has 6 nitrogen and oxygen atoms in total. The number of carbonyl (C=O) groups is 2. The summed E-state index contributed by atoms with van der Waals surface area (Å²) in [5.41, 5.74) is 1.77. The van der Waals surface area contributed by atoms with Gasteiger partial charge in [-0.05, 0) is 11.1 Å². The molecule has 0 spiro atoms. The van der Waals surface area contributed by atoms with Crippen molar-refractivity contribution in [3.63, 3.8) is 0 Å². The summed E-state index contributed by atoms with van der Waals surface area (Å²) < 4.78 is 11.2. The van der Waals surface area contributed by atoms with E-state index in [1.165, 1.54) is 10.0 Å². The molecule has 2 aliphatic carbocycles. The minimum absolute atomic E-state index is 0.136. The summed E-state index contributed by atoms with van der Waals surface area (Å²) >= 11 is 7.49. The molecule has 2 aliphatic heterocycles. The van der Waals surface area contributed by atoms with Gasteiger partial charge in [0.25, 0.3) is 0 Å². The van der Waals surface area contributed by atoms with Crippen molar-refractivity contribution < 1.29 is 19.1 Å². The molecule has 6 rings (SSSR count). The lowest BCUT2D eigenvalue weighted by molar-refractivity contribution is -0.143. The van der Waals surface area contributed by atoms with Gasteiger partial charge in [-0.3, -0.25) is 0 Å². The van der Waals surface area contributed by atoms with E-state index in [4.69, 9.17) is 9.47 Å². The Bertz CT molecular complexity index is 938.